The van der Waals surface area contributed by atoms with Crippen molar-refractivity contribution in [2.75, 3.05) is 24.5 Å². The standard InChI is InChI=1S/C13H18N2/c1-10-6-12-4-2-3-5-13(12)15(10)9-11-7-14-8-11/h2-5,10-11,14H,6-9H2,1H3. The molecule has 1 aromatic carbocycles. The highest BCUT2D eigenvalue weighted by molar-refractivity contribution is 5.59. The highest BCUT2D eigenvalue weighted by atomic mass is 15.2. The van der Waals surface area contributed by atoms with E-state index in [4.69, 9.17) is 0 Å². The Hall–Kier alpha value is -1.02. The molecule has 1 aromatic rings. The molecule has 2 aliphatic rings. The van der Waals surface area contributed by atoms with Crippen molar-refractivity contribution in [3.63, 3.8) is 0 Å². The molecule has 2 nitrogen and oxygen atoms in total. The first-order valence-corrected chi connectivity index (χ1v) is 5.90. The van der Waals surface area contributed by atoms with Crippen molar-refractivity contribution in [2.45, 2.75) is 19.4 Å². The van der Waals surface area contributed by atoms with Gasteiger partial charge in [-0.3, -0.25) is 0 Å². The number of fused-ring (bicyclic) bond motifs is 1. The minimum Gasteiger partial charge on any atom is -0.368 e. The van der Waals surface area contributed by atoms with Crippen molar-refractivity contribution in [2.24, 2.45) is 5.92 Å². The lowest BCUT2D eigenvalue weighted by atomic mass is 10.0. The van der Waals surface area contributed by atoms with Crippen molar-refractivity contribution in [3.8, 4) is 0 Å². The van der Waals surface area contributed by atoms with Crippen molar-refractivity contribution in [1.29, 1.82) is 0 Å². The summed E-state index contributed by atoms with van der Waals surface area (Å²) in [7, 11) is 0. The van der Waals surface area contributed by atoms with Crippen LogP contribution >= 0.6 is 0 Å². The summed E-state index contributed by atoms with van der Waals surface area (Å²) in [5, 5.41) is 3.35. The van der Waals surface area contributed by atoms with Gasteiger partial charge in [-0.05, 0) is 25.0 Å². The molecule has 1 unspecified atom stereocenters. The van der Waals surface area contributed by atoms with E-state index in [2.05, 4.69) is 41.4 Å². The maximum absolute atomic E-state index is 3.35. The summed E-state index contributed by atoms with van der Waals surface area (Å²) in [6.07, 6.45) is 1.22. The Bertz CT molecular complexity index is 357. The van der Waals surface area contributed by atoms with E-state index < -0.39 is 0 Å². The quantitative estimate of drug-likeness (QED) is 0.784. The van der Waals surface area contributed by atoms with Crippen LogP contribution in [0.3, 0.4) is 0 Å². The fourth-order valence-electron chi connectivity index (χ4n) is 2.66. The number of hydrogen-bond donors (Lipinski definition) is 1. The van der Waals surface area contributed by atoms with Crippen LogP contribution in [0.5, 0.6) is 0 Å². The molecule has 0 aromatic heterocycles. The predicted octanol–water partition coefficient (Wildman–Crippen LogP) is 1.66. The molecule has 1 atom stereocenters. The number of anilines is 1. The van der Waals surface area contributed by atoms with Crippen LogP contribution in [0.4, 0.5) is 5.69 Å². The molecule has 0 bridgehead atoms. The van der Waals surface area contributed by atoms with Crippen molar-refractivity contribution < 1.29 is 0 Å². The highest BCUT2D eigenvalue weighted by Gasteiger charge is 2.29. The maximum Gasteiger partial charge on any atom is 0.0402 e. The molecule has 1 saturated heterocycles. The van der Waals surface area contributed by atoms with Gasteiger partial charge in [0, 0.05) is 37.3 Å². The molecule has 2 heterocycles. The zero-order valence-corrected chi connectivity index (χ0v) is 9.24. The summed E-state index contributed by atoms with van der Waals surface area (Å²) in [4.78, 5) is 2.58. The van der Waals surface area contributed by atoms with Crippen LogP contribution in [0.2, 0.25) is 0 Å². The van der Waals surface area contributed by atoms with Gasteiger partial charge in [0.05, 0.1) is 0 Å². The van der Waals surface area contributed by atoms with Crippen LogP contribution in [0.15, 0.2) is 24.3 Å². The minimum absolute atomic E-state index is 0.683. The molecular formula is C13H18N2. The fraction of sp³-hybridized carbons (Fsp3) is 0.538. The monoisotopic (exact) mass is 202 g/mol. The molecule has 80 valence electrons. The molecule has 1 fully saturated rings. The molecule has 2 heteroatoms. The van der Waals surface area contributed by atoms with Crippen molar-refractivity contribution in [1.82, 2.24) is 5.32 Å². The van der Waals surface area contributed by atoms with Gasteiger partial charge in [-0.25, -0.2) is 0 Å². The summed E-state index contributed by atoms with van der Waals surface area (Å²) < 4.78 is 0. The fourth-order valence-corrected chi connectivity index (χ4v) is 2.66. The third-order valence-corrected chi connectivity index (χ3v) is 3.67. The Kier molecular flexibility index (Phi) is 2.17. The van der Waals surface area contributed by atoms with E-state index in [1.807, 2.05) is 0 Å². The smallest absolute Gasteiger partial charge is 0.0402 e. The second-order valence-electron chi connectivity index (χ2n) is 4.86. The topological polar surface area (TPSA) is 15.3 Å². The van der Waals surface area contributed by atoms with Crippen LogP contribution in [0, 0.1) is 5.92 Å². The zero-order chi connectivity index (χ0) is 10.3. The Morgan fingerprint density at radius 1 is 1.33 bits per heavy atom. The van der Waals surface area contributed by atoms with Crippen molar-refractivity contribution >= 4 is 5.69 Å². The average Bonchev–Trinajstić information content (AvgIpc) is 2.48. The lowest BCUT2D eigenvalue weighted by molar-refractivity contribution is 0.344. The van der Waals surface area contributed by atoms with Gasteiger partial charge in [0.1, 0.15) is 0 Å². The van der Waals surface area contributed by atoms with Gasteiger partial charge >= 0.3 is 0 Å². The van der Waals surface area contributed by atoms with Crippen LogP contribution in [-0.2, 0) is 6.42 Å². The van der Waals surface area contributed by atoms with E-state index in [1.54, 1.807) is 0 Å². The summed E-state index contributed by atoms with van der Waals surface area (Å²) >= 11 is 0. The number of para-hydroxylation sites is 1. The maximum atomic E-state index is 3.35. The van der Waals surface area contributed by atoms with E-state index in [9.17, 15) is 0 Å². The van der Waals surface area contributed by atoms with E-state index in [0.717, 1.165) is 5.92 Å². The third-order valence-electron chi connectivity index (χ3n) is 3.67. The Labute approximate surface area is 91.3 Å². The van der Waals surface area contributed by atoms with Gasteiger partial charge in [-0.15, -0.1) is 0 Å². The number of nitrogens with one attached hydrogen (secondary N) is 1. The first-order chi connectivity index (χ1) is 7.34. The van der Waals surface area contributed by atoms with Gasteiger partial charge in [0.15, 0.2) is 0 Å². The summed E-state index contributed by atoms with van der Waals surface area (Å²) in [6, 6.07) is 9.53. The Morgan fingerprint density at radius 3 is 2.87 bits per heavy atom. The summed E-state index contributed by atoms with van der Waals surface area (Å²) in [6.45, 7) is 5.97. The second kappa shape index (κ2) is 3.53. The molecule has 15 heavy (non-hydrogen) atoms. The zero-order valence-electron chi connectivity index (χ0n) is 9.24. The van der Waals surface area contributed by atoms with Crippen LogP contribution in [0.25, 0.3) is 0 Å². The van der Waals surface area contributed by atoms with E-state index >= 15 is 0 Å². The number of hydrogen-bond acceptors (Lipinski definition) is 2. The second-order valence-corrected chi connectivity index (χ2v) is 4.86. The lowest BCUT2D eigenvalue weighted by Crippen LogP contribution is -2.49. The lowest BCUT2D eigenvalue weighted by Gasteiger charge is -2.34. The van der Waals surface area contributed by atoms with Gasteiger partial charge in [0.25, 0.3) is 0 Å². The minimum atomic E-state index is 0.683. The average molecular weight is 202 g/mol. The van der Waals surface area contributed by atoms with E-state index in [1.165, 1.54) is 37.3 Å². The SMILES string of the molecule is CC1Cc2ccccc2N1CC1CNC1. The number of nitrogens with zero attached hydrogens (tertiary/aromatic N) is 1. The highest BCUT2D eigenvalue weighted by Crippen LogP contribution is 2.32. The molecule has 1 N–H and O–H groups in total. The molecule has 0 aliphatic carbocycles. The van der Waals surface area contributed by atoms with Crippen LogP contribution in [0.1, 0.15) is 12.5 Å². The molecule has 0 spiro atoms. The largest absolute Gasteiger partial charge is 0.368 e. The predicted molar refractivity (Wildman–Crippen MR) is 63.3 cm³/mol. The number of rotatable bonds is 2. The first kappa shape index (κ1) is 9.22. The summed E-state index contributed by atoms with van der Waals surface area (Å²) in [5.41, 5.74) is 2.99. The Morgan fingerprint density at radius 2 is 2.13 bits per heavy atom. The summed E-state index contributed by atoms with van der Waals surface area (Å²) in [5.74, 6) is 0.860. The number of benzene rings is 1. The normalized spacial score (nSPS) is 25.1. The van der Waals surface area contributed by atoms with Crippen LogP contribution in [-0.4, -0.2) is 25.7 Å². The molecule has 0 radical (unpaired) electrons. The van der Waals surface area contributed by atoms with Crippen LogP contribution < -0.4 is 10.2 Å². The Balaban J connectivity index is 1.81. The third kappa shape index (κ3) is 1.53. The molecule has 2 aliphatic heterocycles. The first-order valence-electron chi connectivity index (χ1n) is 5.90. The molecular weight excluding hydrogens is 184 g/mol. The molecule has 0 saturated carbocycles. The van der Waals surface area contributed by atoms with Gasteiger partial charge in [0.2, 0.25) is 0 Å². The van der Waals surface area contributed by atoms with Gasteiger partial charge < -0.3 is 10.2 Å². The molecule has 0 amide bonds. The molecule has 3 rings (SSSR count). The van der Waals surface area contributed by atoms with Gasteiger partial charge in [-0.2, -0.15) is 0 Å². The van der Waals surface area contributed by atoms with E-state index in [-0.39, 0.29) is 0 Å². The van der Waals surface area contributed by atoms with E-state index in [0.29, 0.717) is 6.04 Å². The van der Waals surface area contributed by atoms with Gasteiger partial charge in [-0.1, -0.05) is 18.2 Å². The van der Waals surface area contributed by atoms with Crippen molar-refractivity contribution in [3.05, 3.63) is 29.8 Å².